The first kappa shape index (κ1) is 20.2. The molecule has 0 aromatic heterocycles. The third-order valence-corrected chi connectivity index (χ3v) is 6.56. The Morgan fingerprint density at radius 2 is 1.61 bits per heavy atom. The molecule has 1 heterocycles. The quantitative estimate of drug-likeness (QED) is 0.736. The van der Waals surface area contributed by atoms with Crippen LogP contribution in [0.5, 0.6) is 0 Å². The number of piperidine rings is 1. The van der Waals surface area contributed by atoms with Crippen LogP contribution in [0.3, 0.4) is 0 Å². The van der Waals surface area contributed by atoms with Gasteiger partial charge in [-0.05, 0) is 39.5 Å². The van der Waals surface area contributed by atoms with Crippen LogP contribution in [0, 0.1) is 5.92 Å². The zero-order valence-corrected chi connectivity index (χ0v) is 16.0. The summed E-state index contributed by atoms with van der Waals surface area (Å²) in [6.45, 7) is 6.08. The van der Waals surface area contributed by atoms with Crippen LogP contribution in [0.25, 0.3) is 0 Å². The van der Waals surface area contributed by atoms with Crippen LogP contribution in [-0.2, 0) is 24.4 Å². The lowest BCUT2D eigenvalue weighted by Crippen LogP contribution is -2.46. The molecule has 0 aromatic carbocycles. The molecule has 0 aromatic rings. The molecule has 0 aliphatic carbocycles. The van der Waals surface area contributed by atoms with E-state index in [9.17, 15) is 21.6 Å². The first-order valence-electron chi connectivity index (χ1n) is 7.53. The average molecular weight is 370 g/mol. The average Bonchev–Trinajstić information content (AvgIpc) is 2.32. The molecule has 0 saturated carbocycles. The molecule has 1 aliphatic rings. The minimum atomic E-state index is -3.48. The van der Waals surface area contributed by atoms with Gasteiger partial charge in [-0.2, -0.15) is 0 Å². The van der Waals surface area contributed by atoms with Crippen molar-refractivity contribution in [3.63, 3.8) is 0 Å². The second kappa shape index (κ2) is 6.96. The molecule has 23 heavy (non-hydrogen) atoms. The summed E-state index contributed by atoms with van der Waals surface area (Å²) in [5.41, 5.74) is -0.584. The topological polar surface area (TPSA) is 97.8 Å². The van der Waals surface area contributed by atoms with E-state index in [4.69, 9.17) is 4.74 Å². The van der Waals surface area contributed by atoms with Crippen molar-refractivity contribution in [1.82, 2.24) is 4.90 Å². The Labute approximate surface area is 139 Å². The van der Waals surface area contributed by atoms with Crippen molar-refractivity contribution in [3.8, 4) is 0 Å². The van der Waals surface area contributed by atoms with E-state index in [0.717, 1.165) is 12.5 Å². The van der Waals surface area contributed by atoms with E-state index in [1.54, 1.807) is 25.7 Å². The highest BCUT2D eigenvalue weighted by molar-refractivity contribution is 7.94. The second-order valence-corrected chi connectivity index (χ2v) is 11.7. The maximum absolute atomic E-state index is 12.0. The number of amides is 1. The van der Waals surface area contributed by atoms with Crippen molar-refractivity contribution in [1.29, 1.82) is 0 Å². The molecule has 1 rings (SSSR count). The Morgan fingerprint density at radius 1 is 1.13 bits per heavy atom. The van der Waals surface area contributed by atoms with E-state index in [1.807, 2.05) is 0 Å². The summed E-state index contributed by atoms with van der Waals surface area (Å²) < 4.78 is 52.2. The highest BCUT2D eigenvalue weighted by atomic mass is 32.2. The molecule has 0 bridgehead atoms. The summed E-state index contributed by atoms with van der Waals surface area (Å²) in [6, 6.07) is 0. The third-order valence-electron chi connectivity index (χ3n) is 3.73. The van der Waals surface area contributed by atoms with Crippen molar-refractivity contribution in [2.24, 2.45) is 5.92 Å². The number of hydrogen-bond acceptors (Lipinski definition) is 6. The lowest BCUT2D eigenvalue weighted by molar-refractivity contribution is 0.0184. The van der Waals surface area contributed by atoms with E-state index in [1.165, 1.54) is 0 Å². The van der Waals surface area contributed by atoms with Crippen LogP contribution in [-0.4, -0.2) is 70.0 Å². The van der Waals surface area contributed by atoms with Crippen molar-refractivity contribution in [2.75, 3.05) is 31.4 Å². The van der Waals surface area contributed by atoms with Gasteiger partial charge in [0.05, 0.1) is 11.0 Å². The fraction of sp³-hybridized carbons (Fsp3) is 0.929. The molecule has 0 N–H and O–H groups in total. The summed E-state index contributed by atoms with van der Waals surface area (Å²) >= 11 is 0. The number of carbonyl (C=O) groups is 1. The number of carbonyl (C=O) groups excluding carboxylic acids is 1. The lowest BCUT2D eigenvalue weighted by atomic mass is 9.94. The fourth-order valence-electron chi connectivity index (χ4n) is 2.69. The Kier molecular flexibility index (Phi) is 6.12. The van der Waals surface area contributed by atoms with Crippen LogP contribution in [0.15, 0.2) is 0 Å². The molecule has 1 atom stereocenters. The first-order chi connectivity index (χ1) is 10.2. The molecule has 9 heteroatoms. The van der Waals surface area contributed by atoms with Gasteiger partial charge >= 0.3 is 6.09 Å². The standard InChI is InChI=1S/C14H27NO6S2/c1-14(2,3)21-13(16)15-8-6-11(7-9-15)12(23(5,19)20)10-22(4,17)18/h11-12H,6-10H2,1-5H3. The van der Waals surface area contributed by atoms with Gasteiger partial charge in [0.1, 0.15) is 15.4 Å². The number of rotatable bonds is 4. The number of hydrogen-bond donors (Lipinski definition) is 0. The van der Waals surface area contributed by atoms with Crippen molar-refractivity contribution < 1.29 is 26.4 Å². The number of sulfone groups is 2. The summed E-state index contributed by atoms with van der Waals surface area (Å²) in [5, 5.41) is -0.918. The molecule has 1 unspecified atom stereocenters. The number of ether oxygens (including phenoxy) is 1. The zero-order valence-electron chi connectivity index (χ0n) is 14.4. The largest absolute Gasteiger partial charge is 0.444 e. The van der Waals surface area contributed by atoms with Crippen LogP contribution in [0.2, 0.25) is 0 Å². The van der Waals surface area contributed by atoms with Gasteiger partial charge in [0.25, 0.3) is 0 Å². The van der Waals surface area contributed by atoms with Gasteiger partial charge in [-0.25, -0.2) is 21.6 Å². The highest BCUT2D eigenvalue weighted by Crippen LogP contribution is 2.27. The third kappa shape index (κ3) is 7.07. The molecule has 0 spiro atoms. The molecule has 0 radical (unpaired) electrons. The maximum Gasteiger partial charge on any atom is 0.410 e. The minimum Gasteiger partial charge on any atom is -0.444 e. The molecule has 1 saturated heterocycles. The zero-order chi connectivity index (χ0) is 18.1. The second-order valence-electron chi connectivity index (χ2n) is 7.27. The number of nitrogens with zero attached hydrogens (tertiary/aromatic N) is 1. The number of likely N-dealkylation sites (tertiary alicyclic amines) is 1. The Morgan fingerprint density at radius 3 is 1.96 bits per heavy atom. The lowest BCUT2D eigenvalue weighted by Gasteiger charge is -2.35. The van der Waals surface area contributed by atoms with Gasteiger partial charge in [-0.1, -0.05) is 0 Å². The Hall–Kier alpha value is -0.830. The van der Waals surface area contributed by atoms with E-state index in [0.29, 0.717) is 25.9 Å². The Balaban J connectivity index is 2.74. The summed E-state index contributed by atoms with van der Waals surface area (Å²) in [7, 11) is -6.87. The van der Waals surface area contributed by atoms with Crippen molar-refractivity contribution >= 4 is 25.8 Å². The molecule has 1 aliphatic heterocycles. The van der Waals surface area contributed by atoms with Gasteiger partial charge in [0.15, 0.2) is 9.84 Å². The van der Waals surface area contributed by atoms with Gasteiger partial charge in [-0.3, -0.25) is 0 Å². The molecule has 1 fully saturated rings. The van der Waals surface area contributed by atoms with Crippen LogP contribution >= 0.6 is 0 Å². The summed E-state index contributed by atoms with van der Waals surface area (Å²) in [6.07, 6.45) is 2.60. The van der Waals surface area contributed by atoms with Gasteiger partial charge in [0, 0.05) is 25.6 Å². The highest BCUT2D eigenvalue weighted by Gasteiger charge is 2.37. The minimum absolute atomic E-state index is 0.265. The predicted molar refractivity (Wildman–Crippen MR) is 88.9 cm³/mol. The van der Waals surface area contributed by atoms with Crippen LogP contribution < -0.4 is 0 Å². The maximum atomic E-state index is 12.0. The smallest absolute Gasteiger partial charge is 0.410 e. The van der Waals surface area contributed by atoms with E-state index in [-0.39, 0.29) is 11.7 Å². The van der Waals surface area contributed by atoms with Crippen molar-refractivity contribution in [3.05, 3.63) is 0 Å². The molecule has 1 amide bonds. The Bertz CT molecular complexity index is 625. The van der Waals surface area contributed by atoms with Gasteiger partial charge in [-0.15, -0.1) is 0 Å². The first-order valence-corrected chi connectivity index (χ1v) is 11.5. The summed E-state index contributed by atoms with van der Waals surface area (Å²) in [5.74, 6) is -0.637. The molecular weight excluding hydrogens is 342 g/mol. The molecular formula is C14H27NO6S2. The van der Waals surface area contributed by atoms with Gasteiger partial charge in [0.2, 0.25) is 0 Å². The van der Waals surface area contributed by atoms with E-state index >= 15 is 0 Å². The molecule has 7 nitrogen and oxygen atoms in total. The van der Waals surface area contributed by atoms with Crippen LogP contribution in [0.1, 0.15) is 33.6 Å². The van der Waals surface area contributed by atoms with Crippen LogP contribution in [0.4, 0.5) is 4.79 Å². The fourth-order valence-corrected chi connectivity index (χ4v) is 6.26. The SMILES string of the molecule is CC(C)(C)OC(=O)N1CCC(C(CS(C)(=O)=O)S(C)(=O)=O)CC1. The predicted octanol–water partition coefficient (Wildman–Crippen LogP) is 1.09. The van der Waals surface area contributed by atoms with E-state index in [2.05, 4.69) is 0 Å². The summed E-state index contributed by atoms with van der Waals surface area (Å²) in [4.78, 5) is 13.5. The normalized spacial score (nSPS) is 19.4. The van der Waals surface area contributed by atoms with Crippen molar-refractivity contribution in [2.45, 2.75) is 44.5 Å². The van der Waals surface area contributed by atoms with Gasteiger partial charge < -0.3 is 9.64 Å². The molecule has 136 valence electrons. The van der Waals surface area contributed by atoms with E-state index < -0.39 is 36.6 Å². The monoisotopic (exact) mass is 369 g/mol.